The number of rotatable bonds is 0. The molecule has 0 saturated heterocycles. The van der Waals surface area contributed by atoms with Crippen molar-refractivity contribution in [2.45, 2.75) is 33.1 Å². The van der Waals surface area contributed by atoms with E-state index in [0.717, 1.165) is 5.52 Å². The quantitative estimate of drug-likeness (QED) is 0.652. The summed E-state index contributed by atoms with van der Waals surface area (Å²) < 4.78 is 1.32. The molecule has 2 aromatic rings. The fraction of sp³-hybridized carbons (Fsp3) is 0.357. The predicted molar refractivity (Wildman–Crippen MR) is 77.9 cm³/mol. The second-order valence-electron chi connectivity index (χ2n) is 5.18. The lowest BCUT2D eigenvalue weighted by Gasteiger charge is -2.22. The van der Waals surface area contributed by atoms with Crippen LogP contribution in [0.4, 0.5) is 0 Å². The van der Waals surface area contributed by atoms with Crippen LogP contribution in [0.25, 0.3) is 10.9 Å². The van der Waals surface area contributed by atoms with E-state index in [9.17, 15) is 0 Å². The van der Waals surface area contributed by atoms with Crippen LogP contribution in [0.15, 0.2) is 24.4 Å². The van der Waals surface area contributed by atoms with Crippen LogP contribution in [-0.2, 0) is 5.41 Å². The lowest BCUT2D eigenvalue weighted by molar-refractivity contribution is 0.594. The minimum atomic E-state index is 0.139. The van der Waals surface area contributed by atoms with Crippen molar-refractivity contribution in [3.63, 3.8) is 0 Å². The van der Waals surface area contributed by atoms with Gasteiger partial charge in [0.2, 0.25) is 0 Å². The molecule has 0 aliphatic carbocycles. The van der Waals surface area contributed by atoms with E-state index >= 15 is 0 Å². The average molecular weight is 325 g/mol. The first-order valence-corrected chi connectivity index (χ1v) is 6.53. The van der Waals surface area contributed by atoms with Crippen molar-refractivity contribution < 1.29 is 0 Å². The standard InChI is InChI=1S/C14H16IN/c1-9-10-6-5-7-16-13(10)11(8-12(9)15)14(2,3)4/h5-8H,1-4H3. The highest BCUT2D eigenvalue weighted by molar-refractivity contribution is 14.1. The van der Waals surface area contributed by atoms with Gasteiger partial charge in [-0.05, 0) is 58.2 Å². The van der Waals surface area contributed by atoms with Gasteiger partial charge in [0.15, 0.2) is 0 Å². The first-order chi connectivity index (χ1) is 7.41. The Bertz CT molecular complexity index is 538. The minimum Gasteiger partial charge on any atom is -0.256 e. The number of aryl methyl sites for hydroxylation is 1. The molecule has 0 unspecified atom stereocenters. The van der Waals surface area contributed by atoms with Crippen LogP contribution in [0.3, 0.4) is 0 Å². The lowest BCUT2D eigenvalue weighted by Crippen LogP contribution is -2.13. The number of benzene rings is 1. The summed E-state index contributed by atoms with van der Waals surface area (Å²) in [7, 11) is 0. The number of fused-ring (bicyclic) bond motifs is 1. The molecule has 16 heavy (non-hydrogen) atoms. The first kappa shape index (κ1) is 11.8. The van der Waals surface area contributed by atoms with E-state index in [1.54, 1.807) is 0 Å². The molecule has 1 aromatic carbocycles. The summed E-state index contributed by atoms with van der Waals surface area (Å²) in [5, 5.41) is 1.28. The van der Waals surface area contributed by atoms with Crippen LogP contribution in [0.1, 0.15) is 31.9 Å². The highest BCUT2D eigenvalue weighted by atomic mass is 127. The van der Waals surface area contributed by atoms with Gasteiger partial charge < -0.3 is 0 Å². The molecule has 0 bridgehead atoms. The summed E-state index contributed by atoms with van der Waals surface area (Å²) in [6.45, 7) is 8.88. The number of hydrogen-bond acceptors (Lipinski definition) is 1. The fourth-order valence-electron chi connectivity index (χ4n) is 1.93. The molecular weight excluding hydrogens is 309 g/mol. The molecular formula is C14H16IN. The average Bonchev–Trinajstić information content (AvgIpc) is 2.22. The fourth-order valence-corrected chi connectivity index (χ4v) is 2.53. The first-order valence-electron chi connectivity index (χ1n) is 5.45. The molecule has 1 aromatic heterocycles. The highest BCUT2D eigenvalue weighted by Gasteiger charge is 2.19. The van der Waals surface area contributed by atoms with Gasteiger partial charge >= 0.3 is 0 Å². The van der Waals surface area contributed by atoms with Gasteiger partial charge in [-0.2, -0.15) is 0 Å². The van der Waals surface area contributed by atoms with Crippen LogP contribution in [0, 0.1) is 10.5 Å². The molecule has 0 radical (unpaired) electrons. The van der Waals surface area contributed by atoms with Gasteiger partial charge in [0, 0.05) is 15.2 Å². The Morgan fingerprint density at radius 2 is 1.94 bits per heavy atom. The van der Waals surface area contributed by atoms with Gasteiger partial charge in [0.1, 0.15) is 0 Å². The van der Waals surface area contributed by atoms with E-state index in [1.165, 1.54) is 20.1 Å². The molecule has 1 heterocycles. The molecule has 0 aliphatic rings. The Morgan fingerprint density at radius 1 is 1.25 bits per heavy atom. The van der Waals surface area contributed by atoms with Crippen LogP contribution >= 0.6 is 22.6 Å². The summed E-state index contributed by atoms with van der Waals surface area (Å²) in [4.78, 5) is 4.55. The summed E-state index contributed by atoms with van der Waals surface area (Å²) in [5.74, 6) is 0. The number of nitrogens with zero attached hydrogens (tertiary/aromatic N) is 1. The van der Waals surface area contributed by atoms with E-state index in [4.69, 9.17) is 0 Å². The maximum absolute atomic E-state index is 4.55. The van der Waals surface area contributed by atoms with Gasteiger partial charge in [0.05, 0.1) is 5.52 Å². The summed E-state index contributed by atoms with van der Waals surface area (Å²) in [5.41, 5.74) is 3.95. The maximum Gasteiger partial charge on any atom is 0.0742 e. The smallest absolute Gasteiger partial charge is 0.0742 e. The number of aromatic nitrogens is 1. The third kappa shape index (κ3) is 1.95. The van der Waals surface area contributed by atoms with Crippen LogP contribution < -0.4 is 0 Å². The Morgan fingerprint density at radius 3 is 2.56 bits per heavy atom. The van der Waals surface area contributed by atoms with Crippen molar-refractivity contribution >= 4 is 33.5 Å². The van der Waals surface area contributed by atoms with Gasteiger partial charge in [-0.15, -0.1) is 0 Å². The van der Waals surface area contributed by atoms with Crippen molar-refractivity contribution in [3.8, 4) is 0 Å². The number of pyridine rings is 1. The zero-order chi connectivity index (χ0) is 11.9. The molecule has 0 atom stereocenters. The van der Waals surface area contributed by atoms with Crippen molar-refractivity contribution in [1.29, 1.82) is 0 Å². The van der Waals surface area contributed by atoms with Crippen molar-refractivity contribution in [1.82, 2.24) is 4.98 Å². The SMILES string of the molecule is Cc1c(I)cc(C(C)(C)C)c2ncccc12. The Kier molecular flexibility index (Phi) is 2.95. The minimum absolute atomic E-state index is 0.139. The summed E-state index contributed by atoms with van der Waals surface area (Å²) in [6, 6.07) is 6.44. The Labute approximate surface area is 110 Å². The zero-order valence-electron chi connectivity index (χ0n) is 10.1. The largest absolute Gasteiger partial charge is 0.256 e. The summed E-state index contributed by atoms with van der Waals surface area (Å²) in [6.07, 6.45) is 1.88. The van der Waals surface area contributed by atoms with E-state index in [2.05, 4.69) is 67.4 Å². The van der Waals surface area contributed by atoms with Crippen molar-refractivity contribution in [2.75, 3.05) is 0 Å². The molecule has 2 rings (SSSR count). The zero-order valence-corrected chi connectivity index (χ0v) is 12.3. The monoisotopic (exact) mass is 325 g/mol. The van der Waals surface area contributed by atoms with Gasteiger partial charge in [-0.1, -0.05) is 26.8 Å². The van der Waals surface area contributed by atoms with Crippen LogP contribution in [0.5, 0.6) is 0 Å². The normalized spacial score (nSPS) is 12.1. The van der Waals surface area contributed by atoms with Gasteiger partial charge in [-0.3, -0.25) is 4.98 Å². The molecule has 0 spiro atoms. The molecule has 0 saturated carbocycles. The summed E-state index contributed by atoms with van der Waals surface area (Å²) >= 11 is 2.41. The van der Waals surface area contributed by atoms with E-state index in [0.29, 0.717) is 0 Å². The van der Waals surface area contributed by atoms with Gasteiger partial charge in [0.25, 0.3) is 0 Å². The van der Waals surface area contributed by atoms with E-state index < -0.39 is 0 Å². The van der Waals surface area contributed by atoms with Crippen molar-refractivity contribution in [3.05, 3.63) is 39.1 Å². The molecule has 0 fully saturated rings. The molecule has 0 amide bonds. The molecule has 84 valence electrons. The Balaban J connectivity index is 2.91. The number of halogens is 1. The molecule has 0 aliphatic heterocycles. The van der Waals surface area contributed by atoms with Crippen molar-refractivity contribution in [2.24, 2.45) is 0 Å². The lowest BCUT2D eigenvalue weighted by atomic mass is 9.84. The van der Waals surface area contributed by atoms with Crippen LogP contribution in [-0.4, -0.2) is 4.98 Å². The maximum atomic E-state index is 4.55. The topological polar surface area (TPSA) is 12.9 Å². The molecule has 2 heteroatoms. The second kappa shape index (κ2) is 3.99. The van der Waals surface area contributed by atoms with E-state index in [1.807, 2.05) is 12.3 Å². The van der Waals surface area contributed by atoms with Crippen LogP contribution in [0.2, 0.25) is 0 Å². The Hall–Kier alpha value is -0.640. The third-order valence-corrected chi connectivity index (χ3v) is 4.02. The number of hydrogen-bond donors (Lipinski definition) is 0. The second-order valence-corrected chi connectivity index (χ2v) is 6.34. The highest BCUT2D eigenvalue weighted by Crippen LogP contribution is 2.32. The molecule has 0 N–H and O–H groups in total. The third-order valence-electron chi connectivity index (χ3n) is 2.90. The van der Waals surface area contributed by atoms with Gasteiger partial charge in [-0.25, -0.2) is 0 Å². The van der Waals surface area contributed by atoms with E-state index in [-0.39, 0.29) is 5.41 Å². The predicted octanol–water partition coefficient (Wildman–Crippen LogP) is 4.45. The molecule has 1 nitrogen and oxygen atoms in total.